The van der Waals surface area contributed by atoms with Gasteiger partial charge in [-0.3, -0.25) is 24.4 Å². The number of aliphatic hydroxyl groups excluding tert-OH is 1. The third-order valence-electron chi connectivity index (χ3n) is 11.6. The van der Waals surface area contributed by atoms with Crippen LogP contribution in [0.5, 0.6) is 5.75 Å². The highest BCUT2D eigenvalue weighted by Gasteiger charge is 2.58. The maximum absolute atomic E-state index is 14.9. The van der Waals surface area contributed by atoms with Gasteiger partial charge in [-0.25, -0.2) is 0 Å². The van der Waals surface area contributed by atoms with Crippen LogP contribution >= 0.6 is 0 Å². The van der Waals surface area contributed by atoms with E-state index in [-0.39, 0.29) is 45.0 Å². The first-order valence-corrected chi connectivity index (χ1v) is 19.4. The highest BCUT2D eigenvalue weighted by atomic mass is 19.4. The van der Waals surface area contributed by atoms with Gasteiger partial charge in [-0.1, -0.05) is 48.5 Å². The van der Waals surface area contributed by atoms with Crippen molar-refractivity contribution in [2.45, 2.75) is 88.2 Å². The van der Waals surface area contributed by atoms with E-state index in [4.69, 9.17) is 13.9 Å². The Hall–Kier alpha value is -4.64. The molecule has 0 unspecified atom stereocenters. The van der Waals surface area contributed by atoms with Gasteiger partial charge in [0.25, 0.3) is 0 Å². The molecule has 3 aliphatic rings. The number of furan rings is 1. The number of benzene rings is 2. The Labute approximate surface area is 333 Å². The molecular formula is C42H48F5N5O6. The van der Waals surface area contributed by atoms with Crippen molar-refractivity contribution in [1.82, 2.24) is 25.0 Å². The van der Waals surface area contributed by atoms with E-state index in [1.807, 2.05) is 98.6 Å². The summed E-state index contributed by atoms with van der Waals surface area (Å²) >= 11 is 0. The topological polar surface area (TPSA) is 121 Å². The first kappa shape index (κ1) is 41.5. The number of pyridine rings is 1. The lowest BCUT2D eigenvalue weighted by Crippen LogP contribution is -2.64. The van der Waals surface area contributed by atoms with E-state index in [2.05, 4.69) is 4.98 Å². The van der Waals surface area contributed by atoms with E-state index in [0.717, 1.165) is 16.5 Å². The summed E-state index contributed by atoms with van der Waals surface area (Å²) in [4.78, 5) is 37.9. The number of aromatic nitrogens is 1. The number of rotatable bonds is 12. The molecule has 5 heterocycles. The van der Waals surface area contributed by atoms with Crippen molar-refractivity contribution >= 4 is 22.8 Å². The number of hydrogen-bond donors (Lipinski definition) is 2. The standard InChI is InChI=1S/C42H48F5N5O6/c1-39(2,35-20-28-21-48-15-14-32(28)57-35)51-17-16-50(31(23-51)37(54)49-25-41(43,44)42(45,46)47)22-29(53)19-27(18-26-10-6-5-7-11-26)38(55)52-36-30-12-8-9-13-33(30)56-24-34(36)58-40(52,3)4/h5-15,20-21,27,29,31,34,36,53H,16-19,22-25H2,1-4H3,(H,49,54)/t27-,29+,31+,34-,36+/m1/s1. The summed E-state index contributed by atoms with van der Waals surface area (Å²) in [6, 6.07) is 18.7. The van der Waals surface area contributed by atoms with Crippen molar-refractivity contribution < 1.29 is 50.5 Å². The lowest BCUT2D eigenvalue weighted by Gasteiger charge is -2.47. The highest BCUT2D eigenvalue weighted by molar-refractivity contribution is 5.83. The number of amides is 2. The molecule has 2 N–H and O–H groups in total. The quantitative estimate of drug-likeness (QED) is 0.164. The van der Waals surface area contributed by atoms with Gasteiger partial charge in [0.05, 0.1) is 24.2 Å². The number of aliphatic hydroxyl groups is 1. The molecule has 312 valence electrons. The van der Waals surface area contributed by atoms with Gasteiger partial charge in [0.15, 0.2) is 0 Å². The third-order valence-corrected chi connectivity index (χ3v) is 11.6. The number of hydrogen-bond acceptors (Lipinski definition) is 9. The number of halogens is 5. The summed E-state index contributed by atoms with van der Waals surface area (Å²) in [5, 5.41) is 14.4. The van der Waals surface area contributed by atoms with Crippen molar-refractivity contribution in [2.24, 2.45) is 5.92 Å². The van der Waals surface area contributed by atoms with Gasteiger partial charge >= 0.3 is 12.1 Å². The van der Waals surface area contributed by atoms with Crippen LogP contribution in [-0.2, 0) is 26.3 Å². The molecule has 0 spiro atoms. The predicted octanol–water partition coefficient (Wildman–Crippen LogP) is 6.07. The normalized spacial score (nSPS) is 22.5. The lowest BCUT2D eigenvalue weighted by atomic mass is 9.89. The van der Waals surface area contributed by atoms with E-state index in [1.165, 1.54) is 0 Å². The number of nitrogens with zero attached hydrogens (tertiary/aromatic N) is 4. The number of nitrogens with one attached hydrogen (secondary N) is 1. The Morgan fingerprint density at radius 1 is 1.02 bits per heavy atom. The number of para-hydroxylation sites is 1. The molecule has 5 atom stereocenters. The third kappa shape index (κ3) is 8.29. The zero-order valence-electron chi connectivity index (χ0n) is 32.7. The highest BCUT2D eigenvalue weighted by Crippen LogP contribution is 2.48. The van der Waals surface area contributed by atoms with Crippen LogP contribution in [0.25, 0.3) is 11.0 Å². The minimum Gasteiger partial charge on any atom is -0.490 e. The molecule has 2 aromatic heterocycles. The smallest absolute Gasteiger partial charge is 0.455 e. The van der Waals surface area contributed by atoms with Gasteiger partial charge in [-0.05, 0) is 64.3 Å². The van der Waals surface area contributed by atoms with Gasteiger partial charge in [0.1, 0.15) is 41.6 Å². The van der Waals surface area contributed by atoms with Crippen LogP contribution in [0.2, 0.25) is 0 Å². The van der Waals surface area contributed by atoms with Gasteiger partial charge < -0.3 is 29.2 Å². The predicted molar refractivity (Wildman–Crippen MR) is 203 cm³/mol. The van der Waals surface area contributed by atoms with Crippen molar-refractivity contribution in [1.29, 1.82) is 0 Å². The van der Waals surface area contributed by atoms with Crippen molar-refractivity contribution in [3.05, 3.63) is 96.0 Å². The van der Waals surface area contributed by atoms with Crippen LogP contribution < -0.4 is 10.1 Å². The van der Waals surface area contributed by atoms with Crippen LogP contribution in [0.15, 0.2) is 83.5 Å². The molecule has 2 aromatic carbocycles. The van der Waals surface area contributed by atoms with E-state index in [0.29, 0.717) is 23.6 Å². The maximum atomic E-state index is 14.9. The first-order chi connectivity index (χ1) is 27.4. The monoisotopic (exact) mass is 813 g/mol. The molecule has 0 saturated carbocycles. The van der Waals surface area contributed by atoms with Crippen molar-refractivity contribution in [2.75, 3.05) is 39.3 Å². The number of β-amino-alcohol motifs (C(OH)–C–C–N with tert-alkyl or cyclic N) is 1. The Balaban J connectivity index is 1.14. The minimum absolute atomic E-state index is 0.0466. The minimum atomic E-state index is -5.87. The molecule has 2 saturated heterocycles. The Morgan fingerprint density at radius 3 is 2.47 bits per heavy atom. The fourth-order valence-corrected chi connectivity index (χ4v) is 8.48. The molecule has 0 bridgehead atoms. The molecule has 2 fully saturated rings. The lowest BCUT2D eigenvalue weighted by molar-refractivity contribution is -0.278. The Morgan fingerprint density at radius 2 is 1.74 bits per heavy atom. The van der Waals surface area contributed by atoms with Crippen LogP contribution in [0.1, 0.15) is 57.0 Å². The second kappa shape index (κ2) is 15.8. The second-order valence-electron chi connectivity index (χ2n) is 16.3. The molecule has 0 aliphatic carbocycles. The van der Waals surface area contributed by atoms with Gasteiger partial charge in [-0.15, -0.1) is 0 Å². The van der Waals surface area contributed by atoms with Crippen LogP contribution in [0.3, 0.4) is 0 Å². The van der Waals surface area contributed by atoms with Crippen molar-refractivity contribution in [3.8, 4) is 5.75 Å². The summed E-state index contributed by atoms with van der Waals surface area (Å²) in [6.45, 7) is 5.87. The molecule has 2 amide bonds. The van der Waals surface area contributed by atoms with Gasteiger partial charge in [-0.2, -0.15) is 22.0 Å². The van der Waals surface area contributed by atoms with Crippen LogP contribution in [0.4, 0.5) is 22.0 Å². The summed E-state index contributed by atoms with van der Waals surface area (Å²) in [7, 11) is 0. The molecular weight excluding hydrogens is 765 g/mol. The maximum Gasteiger partial charge on any atom is 0.455 e. The summed E-state index contributed by atoms with van der Waals surface area (Å²) < 4.78 is 85.9. The molecule has 7 rings (SSSR count). The van der Waals surface area contributed by atoms with E-state index in [1.54, 1.807) is 28.3 Å². The number of fused-ring (bicyclic) bond motifs is 4. The largest absolute Gasteiger partial charge is 0.490 e. The zero-order chi connectivity index (χ0) is 41.6. The van der Waals surface area contributed by atoms with Gasteiger partial charge in [0, 0.05) is 55.4 Å². The van der Waals surface area contributed by atoms with E-state index in [9.17, 15) is 36.6 Å². The summed E-state index contributed by atoms with van der Waals surface area (Å²) in [5.74, 6) is -6.05. The fourth-order valence-electron chi connectivity index (χ4n) is 8.48. The SMILES string of the molecule is CC1(C)O[C@@H]2COc3ccccc3[C@@H]2N1C(=O)[C@H](Cc1ccccc1)C[C@H](O)CN1CCN(C(C)(C)c2cc3cnccc3o2)C[C@H]1C(=O)NCC(F)(F)C(F)(F)F. The number of alkyl halides is 5. The molecule has 0 radical (unpaired) electrons. The molecule has 58 heavy (non-hydrogen) atoms. The molecule has 11 nitrogen and oxygen atoms in total. The summed E-state index contributed by atoms with van der Waals surface area (Å²) in [5.41, 5.74) is 0.366. The first-order valence-electron chi connectivity index (χ1n) is 19.4. The number of carbonyl (C=O) groups is 2. The van der Waals surface area contributed by atoms with E-state index < -0.39 is 66.0 Å². The zero-order valence-corrected chi connectivity index (χ0v) is 32.7. The van der Waals surface area contributed by atoms with Crippen molar-refractivity contribution in [3.63, 3.8) is 0 Å². The number of carbonyl (C=O) groups excluding carboxylic acids is 2. The molecule has 3 aliphatic heterocycles. The average molecular weight is 814 g/mol. The molecule has 16 heteroatoms. The summed E-state index contributed by atoms with van der Waals surface area (Å²) in [6.07, 6.45) is -4.06. The molecule has 4 aromatic rings. The average Bonchev–Trinajstić information content (AvgIpc) is 3.75. The second-order valence-corrected chi connectivity index (χ2v) is 16.3. The fraction of sp³-hybridized carbons (Fsp3) is 0.500. The van der Waals surface area contributed by atoms with E-state index >= 15 is 0 Å². The van der Waals surface area contributed by atoms with Crippen LogP contribution in [0, 0.1) is 5.92 Å². The number of ether oxygens (including phenoxy) is 2. The van der Waals surface area contributed by atoms with Gasteiger partial charge in [0.2, 0.25) is 11.8 Å². The Kier molecular flexibility index (Phi) is 11.3. The number of piperazine rings is 1. The Bertz CT molecular complexity index is 2060. The van der Waals surface area contributed by atoms with Crippen LogP contribution in [-0.4, -0.2) is 112 Å².